The number of hydrogen-bond acceptors (Lipinski definition) is 4. The highest BCUT2D eigenvalue weighted by molar-refractivity contribution is 6.30. The third-order valence-corrected chi connectivity index (χ3v) is 3.11. The quantitative estimate of drug-likeness (QED) is 0.669. The third kappa shape index (κ3) is 3.61. The molecule has 2 rings (SSSR count). The van der Waals surface area contributed by atoms with Crippen LogP contribution in [-0.4, -0.2) is 12.0 Å². The maximum Gasteiger partial charge on any atom is 0.270 e. The lowest BCUT2D eigenvalue weighted by Crippen LogP contribution is -2.04. The minimum Gasteiger partial charge on any atom is -0.496 e. The Labute approximate surface area is 125 Å². The summed E-state index contributed by atoms with van der Waals surface area (Å²) in [4.78, 5) is 10.3. The SMILES string of the molecule is COc1ccc([N+](=O)[O-])cc1CNc1cc(Cl)ccc1F. The number of hydrogen-bond donors (Lipinski definition) is 1. The summed E-state index contributed by atoms with van der Waals surface area (Å²) in [6.45, 7) is 0.169. The van der Waals surface area contributed by atoms with Crippen LogP contribution in [-0.2, 0) is 6.54 Å². The molecule has 0 aromatic heterocycles. The van der Waals surface area contributed by atoms with Crippen LogP contribution in [0.5, 0.6) is 5.75 Å². The number of nitrogens with zero attached hydrogens (tertiary/aromatic N) is 1. The smallest absolute Gasteiger partial charge is 0.270 e. The van der Waals surface area contributed by atoms with E-state index in [0.717, 1.165) is 0 Å². The lowest BCUT2D eigenvalue weighted by atomic mass is 10.1. The highest BCUT2D eigenvalue weighted by atomic mass is 35.5. The summed E-state index contributed by atoms with van der Waals surface area (Å²) in [5.41, 5.74) is 0.710. The zero-order valence-electron chi connectivity index (χ0n) is 11.1. The molecule has 0 aliphatic heterocycles. The predicted octanol–water partition coefficient (Wildman–Crippen LogP) is 4.01. The number of benzene rings is 2. The van der Waals surface area contributed by atoms with Gasteiger partial charge >= 0.3 is 0 Å². The first-order chi connectivity index (χ1) is 10.0. The molecule has 7 heteroatoms. The molecule has 21 heavy (non-hydrogen) atoms. The summed E-state index contributed by atoms with van der Waals surface area (Å²) >= 11 is 5.80. The number of halogens is 2. The van der Waals surface area contributed by atoms with Crippen LogP contribution in [0, 0.1) is 15.9 Å². The number of nitrogens with one attached hydrogen (secondary N) is 1. The lowest BCUT2D eigenvalue weighted by molar-refractivity contribution is -0.384. The number of nitro benzene ring substituents is 1. The first kappa shape index (κ1) is 15.1. The first-order valence-electron chi connectivity index (χ1n) is 6.01. The van der Waals surface area contributed by atoms with Crippen LogP contribution in [0.15, 0.2) is 36.4 Å². The van der Waals surface area contributed by atoms with Gasteiger partial charge in [0.25, 0.3) is 5.69 Å². The Morgan fingerprint density at radius 1 is 1.33 bits per heavy atom. The topological polar surface area (TPSA) is 64.4 Å². The van der Waals surface area contributed by atoms with Crippen LogP contribution < -0.4 is 10.1 Å². The number of anilines is 1. The van der Waals surface area contributed by atoms with Gasteiger partial charge in [0.05, 0.1) is 17.7 Å². The van der Waals surface area contributed by atoms with Gasteiger partial charge in [0, 0.05) is 29.3 Å². The fourth-order valence-electron chi connectivity index (χ4n) is 1.84. The highest BCUT2D eigenvalue weighted by Crippen LogP contribution is 2.26. The van der Waals surface area contributed by atoms with Gasteiger partial charge in [0.15, 0.2) is 0 Å². The largest absolute Gasteiger partial charge is 0.496 e. The third-order valence-electron chi connectivity index (χ3n) is 2.87. The van der Waals surface area contributed by atoms with Crippen molar-refractivity contribution in [3.05, 3.63) is 62.9 Å². The van der Waals surface area contributed by atoms with Crippen LogP contribution in [0.4, 0.5) is 15.8 Å². The summed E-state index contributed by atoms with van der Waals surface area (Å²) in [5, 5.41) is 14.0. The zero-order chi connectivity index (χ0) is 15.4. The van der Waals surface area contributed by atoms with Crippen molar-refractivity contribution < 1.29 is 14.1 Å². The molecule has 1 N–H and O–H groups in total. The van der Waals surface area contributed by atoms with Gasteiger partial charge in [-0.25, -0.2) is 4.39 Å². The van der Waals surface area contributed by atoms with Gasteiger partial charge in [0.1, 0.15) is 11.6 Å². The Morgan fingerprint density at radius 3 is 2.76 bits per heavy atom. The molecule has 0 aliphatic rings. The summed E-state index contributed by atoms with van der Waals surface area (Å²) < 4.78 is 18.7. The summed E-state index contributed by atoms with van der Waals surface area (Å²) in [6, 6.07) is 8.37. The Balaban J connectivity index is 2.24. The number of rotatable bonds is 5. The van der Waals surface area contributed by atoms with Gasteiger partial charge < -0.3 is 10.1 Å². The van der Waals surface area contributed by atoms with Crippen molar-refractivity contribution in [2.45, 2.75) is 6.54 Å². The molecule has 0 spiro atoms. The van der Waals surface area contributed by atoms with Crippen molar-refractivity contribution >= 4 is 23.0 Å². The average molecular weight is 311 g/mol. The van der Waals surface area contributed by atoms with Crippen molar-refractivity contribution in [1.29, 1.82) is 0 Å². The molecular formula is C14H12ClFN2O3. The summed E-state index contributed by atoms with van der Waals surface area (Å²) in [5.74, 6) is 0.0272. The van der Waals surface area contributed by atoms with E-state index in [0.29, 0.717) is 16.3 Å². The molecule has 0 aliphatic carbocycles. The fraction of sp³-hybridized carbons (Fsp3) is 0.143. The van der Waals surface area contributed by atoms with Crippen LogP contribution in [0.3, 0.4) is 0 Å². The molecule has 5 nitrogen and oxygen atoms in total. The number of nitro groups is 1. The predicted molar refractivity (Wildman–Crippen MR) is 78.4 cm³/mol. The van der Waals surface area contributed by atoms with Gasteiger partial charge in [-0.05, 0) is 24.3 Å². The molecule has 0 amide bonds. The molecule has 0 unspecified atom stereocenters. The normalized spacial score (nSPS) is 10.2. The van der Waals surface area contributed by atoms with Gasteiger partial charge in [0.2, 0.25) is 0 Å². The second-order valence-electron chi connectivity index (χ2n) is 4.23. The van der Waals surface area contributed by atoms with Crippen molar-refractivity contribution in [3.8, 4) is 5.75 Å². The molecule has 2 aromatic carbocycles. The van der Waals surface area contributed by atoms with E-state index < -0.39 is 10.7 Å². The minimum absolute atomic E-state index is 0.0563. The Bertz CT molecular complexity index is 679. The number of methoxy groups -OCH3 is 1. The van der Waals surface area contributed by atoms with Gasteiger partial charge in [-0.3, -0.25) is 10.1 Å². The van der Waals surface area contributed by atoms with Gasteiger partial charge in [-0.2, -0.15) is 0 Å². The molecule has 0 saturated carbocycles. The molecule has 110 valence electrons. The summed E-state index contributed by atoms with van der Waals surface area (Å²) in [7, 11) is 1.46. The first-order valence-corrected chi connectivity index (χ1v) is 6.39. The van der Waals surface area contributed by atoms with E-state index in [-0.39, 0.29) is 17.9 Å². The van der Waals surface area contributed by atoms with Crippen molar-refractivity contribution in [2.24, 2.45) is 0 Å². The molecule has 0 fully saturated rings. The van der Waals surface area contributed by atoms with Crippen LogP contribution in [0.25, 0.3) is 0 Å². The maximum absolute atomic E-state index is 13.6. The van der Waals surface area contributed by atoms with E-state index in [2.05, 4.69) is 5.32 Å². The molecule has 0 heterocycles. The second-order valence-corrected chi connectivity index (χ2v) is 4.67. The van der Waals surface area contributed by atoms with Gasteiger partial charge in [-0.15, -0.1) is 0 Å². The standard InChI is InChI=1S/C14H12ClFN2O3/c1-21-14-5-3-11(18(19)20)6-9(14)8-17-13-7-10(15)2-4-12(13)16/h2-7,17H,8H2,1H3. The average Bonchev–Trinajstić information content (AvgIpc) is 2.47. The Morgan fingerprint density at radius 2 is 2.10 bits per heavy atom. The van der Waals surface area contributed by atoms with E-state index in [1.807, 2.05) is 0 Å². The van der Waals surface area contributed by atoms with Crippen LogP contribution in [0.2, 0.25) is 5.02 Å². The van der Waals surface area contributed by atoms with Crippen molar-refractivity contribution in [3.63, 3.8) is 0 Å². The number of ether oxygens (including phenoxy) is 1. The molecule has 0 atom stereocenters. The highest BCUT2D eigenvalue weighted by Gasteiger charge is 2.12. The van der Waals surface area contributed by atoms with Crippen LogP contribution >= 0.6 is 11.6 Å². The Kier molecular flexibility index (Phi) is 4.59. The van der Waals surface area contributed by atoms with E-state index in [1.54, 1.807) is 0 Å². The lowest BCUT2D eigenvalue weighted by Gasteiger charge is -2.11. The maximum atomic E-state index is 13.6. The van der Waals surface area contributed by atoms with Gasteiger partial charge in [-0.1, -0.05) is 11.6 Å². The zero-order valence-corrected chi connectivity index (χ0v) is 11.9. The molecule has 0 radical (unpaired) electrons. The molecular weight excluding hydrogens is 299 g/mol. The van der Waals surface area contributed by atoms with Crippen molar-refractivity contribution in [1.82, 2.24) is 0 Å². The number of non-ortho nitro benzene ring substituents is 1. The second kappa shape index (κ2) is 6.41. The van der Waals surface area contributed by atoms with E-state index >= 15 is 0 Å². The van der Waals surface area contributed by atoms with E-state index in [1.165, 1.54) is 43.5 Å². The van der Waals surface area contributed by atoms with E-state index in [9.17, 15) is 14.5 Å². The van der Waals surface area contributed by atoms with E-state index in [4.69, 9.17) is 16.3 Å². The monoisotopic (exact) mass is 310 g/mol. The van der Waals surface area contributed by atoms with Crippen molar-refractivity contribution in [2.75, 3.05) is 12.4 Å². The Hall–Kier alpha value is -2.34. The summed E-state index contributed by atoms with van der Waals surface area (Å²) in [6.07, 6.45) is 0. The minimum atomic E-state index is -0.497. The fourth-order valence-corrected chi connectivity index (χ4v) is 2.01. The molecule has 0 saturated heterocycles. The van der Waals surface area contributed by atoms with Crippen LogP contribution in [0.1, 0.15) is 5.56 Å². The molecule has 0 bridgehead atoms. The molecule has 2 aromatic rings.